The fourth-order valence-corrected chi connectivity index (χ4v) is 2.99. The summed E-state index contributed by atoms with van der Waals surface area (Å²) in [6.45, 7) is 2.20. The Morgan fingerprint density at radius 3 is 2.67 bits per heavy atom. The van der Waals surface area contributed by atoms with Gasteiger partial charge < -0.3 is 8.82 Å². The summed E-state index contributed by atoms with van der Waals surface area (Å²) in [5, 5.41) is 9.25. The highest BCUT2D eigenvalue weighted by Gasteiger charge is 2.48. The first kappa shape index (κ1) is 19.6. The maximum atomic E-state index is 13.2. The average molecular weight is 411 g/mol. The summed E-state index contributed by atoms with van der Waals surface area (Å²) in [6, 6.07) is 8.78. The van der Waals surface area contributed by atoms with Crippen molar-refractivity contribution >= 4 is 5.65 Å². The van der Waals surface area contributed by atoms with Gasteiger partial charge in [-0.25, -0.2) is 15.0 Å². The number of nitriles is 1. The molecule has 0 aliphatic carbocycles. The maximum Gasteiger partial charge on any atom is 0.394 e. The van der Waals surface area contributed by atoms with Crippen molar-refractivity contribution in [2.75, 3.05) is 0 Å². The third-order valence-corrected chi connectivity index (χ3v) is 4.86. The number of hydrogen-bond donors (Lipinski definition) is 0. The van der Waals surface area contributed by atoms with Crippen LogP contribution >= 0.6 is 0 Å². The highest BCUT2D eigenvalue weighted by Crippen LogP contribution is 2.40. The van der Waals surface area contributed by atoms with Crippen LogP contribution in [0, 0.1) is 16.7 Å². The summed E-state index contributed by atoms with van der Waals surface area (Å²) in [6.07, 6.45) is 1.86. The van der Waals surface area contributed by atoms with Crippen molar-refractivity contribution in [1.29, 1.82) is 5.26 Å². The second kappa shape index (κ2) is 6.99. The Balaban J connectivity index is 1.77. The van der Waals surface area contributed by atoms with E-state index in [0.29, 0.717) is 22.5 Å². The number of nitrogens with zero attached hydrogens (tertiary/aromatic N) is 5. The standard InChI is InChI=1S/C21H16F3N5O/c1-20(2,21(22,23)24)10-18-27-12-16(30-18)15-4-3-14(11-25)28-19(15)13-5-7-29-8-6-26-17(29)9-13/h3-9,12H,10H2,1-2H3. The fourth-order valence-electron chi connectivity index (χ4n) is 2.99. The first-order chi connectivity index (χ1) is 14.2. The topological polar surface area (TPSA) is 80.0 Å². The second-order valence-electron chi connectivity index (χ2n) is 7.49. The zero-order chi connectivity index (χ0) is 21.5. The number of alkyl halides is 3. The first-order valence-electron chi connectivity index (χ1n) is 9.04. The maximum absolute atomic E-state index is 13.2. The lowest BCUT2D eigenvalue weighted by atomic mass is 9.88. The van der Waals surface area contributed by atoms with Gasteiger partial charge in [-0.15, -0.1) is 0 Å². The van der Waals surface area contributed by atoms with Crippen LogP contribution in [-0.4, -0.2) is 25.5 Å². The van der Waals surface area contributed by atoms with Gasteiger partial charge in [0.1, 0.15) is 17.4 Å². The van der Waals surface area contributed by atoms with Crippen LogP contribution in [-0.2, 0) is 6.42 Å². The minimum absolute atomic E-state index is 0.0219. The zero-order valence-electron chi connectivity index (χ0n) is 16.1. The lowest BCUT2D eigenvalue weighted by molar-refractivity contribution is -0.212. The average Bonchev–Trinajstić information content (AvgIpc) is 3.35. The number of imidazole rings is 1. The van der Waals surface area contributed by atoms with Crippen LogP contribution in [0.5, 0.6) is 0 Å². The van der Waals surface area contributed by atoms with E-state index >= 15 is 0 Å². The third kappa shape index (κ3) is 3.52. The van der Waals surface area contributed by atoms with E-state index in [1.54, 1.807) is 30.7 Å². The van der Waals surface area contributed by atoms with Crippen molar-refractivity contribution in [2.45, 2.75) is 26.4 Å². The molecule has 4 heterocycles. The molecule has 0 N–H and O–H groups in total. The van der Waals surface area contributed by atoms with Gasteiger partial charge in [0.05, 0.1) is 17.3 Å². The normalized spacial score (nSPS) is 12.3. The molecular weight excluding hydrogens is 395 g/mol. The van der Waals surface area contributed by atoms with Crippen LogP contribution in [0.15, 0.2) is 53.5 Å². The van der Waals surface area contributed by atoms with Gasteiger partial charge in [0.2, 0.25) is 0 Å². The molecule has 0 unspecified atom stereocenters. The van der Waals surface area contributed by atoms with Gasteiger partial charge in [-0.05, 0) is 24.3 Å². The Labute approximate surface area is 169 Å². The number of fused-ring (bicyclic) bond motifs is 1. The predicted molar refractivity (Wildman–Crippen MR) is 102 cm³/mol. The molecule has 0 saturated heterocycles. The SMILES string of the molecule is CC(C)(Cc1ncc(-c2ccc(C#N)nc2-c2ccn3ccnc3c2)o1)C(F)(F)F. The molecule has 0 aromatic carbocycles. The smallest absolute Gasteiger partial charge is 0.394 e. The Kier molecular flexibility index (Phi) is 4.57. The summed E-state index contributed by atoms with van der Waals surface area (Å²) in [5.74, 6) is 0.254. The molecular formula is C21H16F3N5O. The summed E-state index contributed by atoms with van der Waals surface area (Å²) in [7, 11) is 0. The van der Waals surface area contributed by atoms with E-state index < -0.39 is 18.0 Å². The van der Waals surface area contributed by atoms with Crippen molar-refractivity contribution in [3.05, 3.63) is 60.6 Å². The molecule has 0 saturated carbocycles. The van der Waals surface area contributed by atoms with E-state index in [0.717, 1.165) is 13.8 Å². The molecule has 0 atom stereocenters. The summed E-state index contributed by atoms with van der Waals surface area (Å²) in [4.78, 5) is 12.7. The van der Waals surface area contributed by atoms with E-state index in [9.17, 15) is 18.4 Å². The number of aromatic nitrogens is 4. The van der Waals surface area contributed by atoms with Crippen LogP contribution in [0.2, 0.25) is 0 Å². The molecule has 0 bridgehead atoms. The van der Waals surface area contributed by atoms with E-state index in [4.69, 9.17) is 4.42 Å². The predicted octanol–water partition coefficient (Wildman–Crippen LogP) is 5.05. The Morgan fingerprint density at radius 2 is 1.93 bits per heavy atom. The van der Waals surface area contributed by atoms with Gasteiger partial charge in [-0.2, -0.15) is 18.4 Å². The van der Waals surface area contributed by atoms with Crippen LogP contribution in [0.4, 0.5) is 13.2 Å². The Bertz CT molecular complexity index is 1260. The number of oxazole rings is 1. The first-order valence-corrected chi connectivity index (χ1v) is 9.04. The molecule has 0 spiro atoms. The Hall–Kier alpha value is -3.67. The molecule has 0 fully saturated rings. The highest BCUT2D eigenvalue weighted by molar-refractivity contribution is 5.79. The monoisotopic (exact) mass is 411 g/mol. The zero-order valence-corrected chi connectivity index (χ0v) is 16.1. The number of pyridine rings is 2. The van der Waals surface area contributed by atoms with Gasteiger partial charge in [0, 0.05) is 36.1 Å². The fraction of sp³-hybridized carbons (Fsp3) is 0.238. The van der Waals surface area contributed by atoms with Crippen molar-refractivity contribution in [3.8, 4) is 28.7 Å². The molecule has 4 aromatic heterocycles. The number of halogens is 3. The lowest BCUT2D eigenvalue weighted by Crippen LogP contribution is -2.34. The van der Waals surface area contributed by atoms with Gasteiger partial charge in [-0.1, -0.05) is 13.8 Å². The van der Waals surface area contributed by atoms with Crippen molar-refractivity contribution in [2.24, 2.45) is 5.41 Å². The molecule has 0 aliphatic heterocycles. The summed E-state index contributed by atoms with van der Waals surface area (Å²) >= 11 is 0. The van der Waals surface area contributed by atoms with Crippen LogP contribution < -0.4 is 0 Å². The van der Waals surface area contributed by atoms with Gasteiger partial charge in [0.25, 0.3) is 0 Å². The van der Waals surface area contributed by atoms with Crippen molar-refractivity contribution in [1.82, 2.24) is 19.4 Å². The molecule has 9 heteroatoms. The summed E-state index contributed by atoms with van der Waals surface area (Å²) in [5.41, 5.74) is 0.579. The van der Waals surface area contributed by atoms with Crippen molar-refractivity contribution in [3.63, 3.8) is 0 Å². The molecule has 4 rings (SSSR count). The molecule has 0 amide bonds. The molecule has 30 heavy (non-hydrogen) atoms. The third-order valence-electron chi connectivity index (χ3n) is 4.86. The van der Waals surface area contributed by atoms with E-state index in [1.165, 1.54) is 12.3 Å². The van der Waals surface area contributed by atoms with Gasteiger partial charge in [-0.3, -0.25) is 0 Å². The van der Waals surface area contributed by atoms with Gasteiger partial charge in [0.15, 0.2) is 11.7 Å². The largest absolute Gasteiger partial charge is 0.441 e. The number of rotatable bonds is 4. The molecule has 6 nitrogen and oxygen atoms in total. The van der Waals surface area contributed by atoms with Crippen LogP contribution in [0.25, 0.3) is 28.2 Å². The minimum Gasteiger partial charge on any atom is -0.441 e. The van der Waals surface area contributed by atoms with E-state index in [1.807, 2.05) is 16.5 Å². The van der Waals surface area contributed by atoms with E-state index in [-0.39, 0.29) is 17.3 Å². The van der Waals surface area contributed by atoms with Crippen LogP contribution in [0.3, 0.4) is 0 Å². The Morgan fingerprint density at radius 1 is 1.13 bits per heavy atom. The van der Waals surface area contributed by atoms with E-state index in [2.05, 4.69) is 15.0 Å². The molecule has 0 radical (unpaired) electrons. The minimum atomic E-state index is -4.39. The second-order valence-corrected chi connectivity index (χ2v) is 7.49. The molecule has 0 aliphatic rings. The summed E-state index contributed by atoms with van der Waals surface area (Å²) < 4.78 is 47.1. The number of hydrogen-bond acceptors (Lipinski definition) is 5. The van der Waals surface area contributed by atoms with Crippen molar-refractivity contribution < 1.29 is 17.6 Å². The lowest BCUT2D eigenvalue weighted by Gasteiger charge is -2.25. The van der Waals surface area contributed by atoms with Gasteiger partial charge >= 0.3 is 6.18 Å². The molecule has 152 valence electrons. The molecule has 4 aromatic rings. The highest BCUT2D eigenvalue weighted by atomic mass is 19.4. The quantitative estimate of drug-likeness (QED) is 0.469. The van der Waals surface area contributed by atoms with Crippen LogP contribution in [0.1, 0.15) is 25.4 Å².